The highest BCUT2D eigenvalue weighted by atomic mass is 16.3. The average molecular weight is 370 g/mol. The number of phenols is 1. The summed E-state index contributed by atoms with van der Waals surface area (Å²) in [6.45, 7) is 2.34. The Labute approximate surface area is 156 Å². The van der Waals surface area contributed by atoms with Gasteiger partial charge in [0.05, 0.1) is 6.04 Å². The number of phenolic OH excluding ortho intramolecular Hbond substituents is 1. The lowest BCUT2D eigenvalue weighted by Crippen LogP contribution is -2.50. The maximum Gasteiger partial charge on any atom is 0.255 e. The molecular weight excluding hydrogens is 348 g/mol. The molecule has 4 N–H and O–H groups in total. The van der Waals surface area contributed by atoms with E-state index in [1.54, 1.807) is 19.1 Å². The summed E-state index contributed by atoms with van der Waals surface area (Å²) in [7, 11) is 0. The largest absolute Gasteiger partial charge is 0.508 e. The maximum atomic E-state index is 12.5. The lowest BCUT2D eigenvalue weighted by molar-refractivity contribution is -0.153. The number of nitrogens with one attached hydrogen (secondary N) is 1. The van der Waals surface area contributed by atoms with Gasteiger partial charge in [0.15, 0.2) is 12.2 Å². The van der Waals surface area contributed by atoms with E-state index in [1.807, 2.05) is 24.3 Å². The molecule has 1 aliphatic heterocycles. The van der Waals surface area contributed by atoms with E-state index in [1.165, 1.54) is 17.0 Å². The van der Waals surface area contributed by atoms with Crippen LogP contribution in [0.5, 0.6) is 5.75 Å². The molecule has 27 heavy (non-hydrogen) atoms. The number of hydrogen-bond acceptors (Lipinski definition) is 5. The SMILES string of the molecule is C[C@H](NC(=O)C(O)C(O)C(=O)N1Cc2ccccc2C1)c1cccc(O)c1. The first-order valence-corrected chi connectivity index (χ1v) is 8.68. The van der Waals surface area contributed by atoms with E-state index in [9.17, 15) is 24.9 Å². The minimum Gasteiger partial charge on any atom is -0.508 e. The maximum absolute atomic E-state index is 12.5. The number of hydrogen-bond donors (Lipinski definition) is 4. The number of nitrogens with zero attached hydrogens (tertiary/aromatic N) is 1. The second-order valence-corrected chi connectivity index (χ2v) is 6.68. The number of benzene rings is 2. The highest BCUT2D eigenvalue weighted by Gasteiger charge is 2.35. The van der Waals surface area contributed by atoms with Gasteiger partial charge in [-0.25, -0.2) is 0 Å². The van der Waals surface area contributed by atoms with Gasteiger partial charge < -0.3 is 25.5 Å². The van der Waals surface area contributed by atoms with Gasteiger partial charge in [0, 0.05) is 13.1 Å². The number of carbonyl (C=O) groups is 2. The molecule has 0 saturated carbocycles. The number of aliphatic hydroxyl groups is 2. The molecule has 2 aromatic rings. The molecule has 0 aromatic heterocycles. The van der Waals surface area contributed by atoms with Gasteiger partial charge in [-0.05, 0) is 35.7 Å². The van der Waals surface area contributed by atoms with E-state index in [0.29, 0.717) is 18.7 Å². The van der Waals surface area contributed by atoms with Crippen molar-refractivity contribution in [3.05, 3.63) is 65.2 Å². The Morgan fingerprint density at radius 1 is 1.00 bits per heavy atom. The molecule has 0 aliphatic carbocycles. The number of aliphatic hydroxyl groups excluding tert-OH is 2. The Kier molecular flexibility index (Phi) is 5.43. The van der Waals surface area contributed by atoms with Crippen LogP contribution in [-0.2, 0) is 22.7 Å². The third-order valence-electron chi connectivity index (χ3n) is 4.70. The van der Waals surface area contributed by atoms with Gasteiger partial charge in [-0.1, -0.05) is 36.4 Å². The first-order chi connectivity index (χ1) is 12.9. The molecule has 0 bridgehead atoms. The van der Waals surface area contributed by atoms with E-state index in [-0.39, 0.29) is 5.75 Å². The van der Waals surface area contributed by atoms with Crippen LogP contribution in [0, 0.1) is 0 Å². The first-order valence-electron chi connectivity index (χ1n) is 8.68. The summed E-state index contributed by atoms with van der Waals surface area (Å²) in [5, 5.41) is 32.4. The van der Waals surface area contributed by atoms with E-state index in [4.69, 9.17) is 0 Å². The predicted molar refractivity (Wildman–Crippen MR) is 97.4 cm³/mol. The third-order valence-corrected chi connectivity index (χ3v) is 4.70. The van der Waals surface area contributed by atoms with Crippen molar-refractivity contribution in [2.24, 2.45) is 0 Å². The number of carbonyl (C=O) groups excluding carboxylic acids is 2. The fourth-order valence-corrected chi connectivity index (χ4v) is 3.13. The smallest absolute Gasteiger partial charge is 0.255 e. The second kappa shape index (κ2) is 7.77. The number of aromatic hydroxyl groups is 1. The summed E-state index contributed by atoms with van der Waals surface area (Å²) in [6.07, 6.45) is -3.74. The van der Waals surface area contributed by atoms with Gasteiger partial charge in [0.25, 0.3) is 11.8 Å². The third kappa shape index (κ3) is 4.10. The fraction of sp³-hybridized carbons (Fsp3) is 0.300. The van der Waals surface area contributed by atoms with E-state index in [0.717, 1.165) is 11.1 Å². The Morgan fingerprint density at radius 2 is 1.63 bits per heavy atom. The van der Waals surface area contributed by atoms with E-state index < -0.39 is 30.1 Å². The van der Waals surface area contributed by atoms with Crippen molar-refractivity contribution in [2.75, 3.05) is 0 Å². The van der Waals surface area contributed by atoms with Crippen LogP contribution in [0.3, 0.4) is 0 Å². The Balaban J connectivity index is 1.60. The topological polar surface area (TPSA) is 110 Å². The minimum absolute atomic E-state index is 0.0537. The van der Waals surface area contributed by atoms with Crippen molar-refractivity contribution in [1.82, 2.24) is 10.2 Å². The predicted octanol–water partition coefficient (Wildman–Crippen LogP) is 0.834. The van der Waals surface area contributed by atoms with Gasteiger partial charge in [-0.3, -0.25) is 9.59 Å². The van der Waals surface area contributed by atoms with Crippen LogP contribution >= 0.6 is 0 Å². The average Bonchev–Trinajstić information content (AvgIpc) is 3.10. The van der Waals surface area contributed by atoms with Crippen LogP contribution in [0.25, 0.3) is 0 Å². The molecule has 0 saturated heterocycles. The van der Waals surface area contributed by atoms with Gasteiger partial charge in [0.2, 0.25) is 0 Å². The number of amides is 2. The van der Waals surface area contributed by atoms with Crippen LogP contribution in [0.1, 0.15) is 29.7 Å². The number of fused-ring (bicyclic) bond motifs is 1. The lowest BCUT2D eigenvalue weighted by Gasteiger charge is -2.24. The van der Waals surface area contributed by atoms with Crippen LogP contribution in [0.4, 0.5) is 0 Å². The van der Waals surface area contributed by atoms with Crippen molar-refractivity contribution < 1.29 is 24.9 Å². The number of rotatable bonds is 5. The van der Waals surface area contributed by atoms with Crippen molar-refractivity contribution in [2.45, 2.75) is 38.3 Å². The monoisotopic (exact) mass is 370 g/mol. The Morgan fingerprint density at radius 3 is 2.22 bits per heavy atom. The lowest BCUT2D eigenvalue weighted by atomic mass is 10.1. The van der Waals surface area contributed by atoms with Gasteiger partial charge in [0.1, 0.15) is 5.75 Å². The molecule has 7 heteroatoms. The van der Waals surface area contributed by atoms with E-state index >= 15 is 0 Å². The molecule has 142 valence electrons. The molecule has 3 rings (SSSR count). The highest BCUT2D eigenvalue weighted by Crippen LogP contribution is 2.23. The quantitative estimate of drug-likeness (QED) is 0.623. The highest BCUT2D eigenvalue weighted by molar-refractivity contribution is 5.91. The zero-order chi connectivity index (χ0) is 19.6. The van der Waals surface area contributed by atoms with Crippen LogP contribution < -0.4 is 5.32 Å². The Hall–Kier alpha value is -2.90. The molecular formula is C20H22N2O5. The standard InChI is InChI=1S/C20H22N2O5/c1-12(13-7-4-8-16(23)9-13)21-19(26)17(24)18(25)20(27)22-10-14-5-2-3-6-15(14)11-22/h2-9,12,17-18,23-25H,10-11H2,1H3,(H,21,26)/t12-,17?,18?/m0/s1. The summed E-state index contributed by atoms with van der Waals surface area (Å²) in [5.74, 6) is -1.50. The van der Waals surface area contributed by atoms with Crippen LogP contribution in [0.2, 0.25) is 0 Å². The first kappa shape index (κ1) is 18.9. The van der Waals surface area contributed by atoms with E-state index in [2.05, 4.69) is 5.32 Å². The zero-order valence-corrected chi connectivity index (χ0v) is 14.9. The summed E-state index contributed by atoms with van der Waals surface area (Å²) in [5.41, 5.74) is 2.59. The van der Waals surface area contributed by atoms with Crippen molar-refractivity contribution in [3.8, 4) is 5.75 Å². The summed E-state index contributed by atoms with van der Waals surface area (Å²) in [6, 6.07) is 13.3. The molecule has 1 heterocycles. The van der Waals surface area contributed by atoms with Crippen molar-refractivity contribution >= 4 is 11.8 Å². The molecule has 7 nitrogen and oxygen atoms in total. The molecule has 0 fully saturated rings. The summed E-state index contributed by atoms with van der Waals surface area (Å²) < 4.78 is 0. The van der Waals surface area contributed by atoms with Crippen LogP contribution in [-0.4, -0.2) is 44.2 Å². The van der Waals surface area contributed by atoms with Gasteiger partial charge in [-0.2, -0.15) is 0 Å². The summed E-state index contributed by atoms with van der Waals surface area (Å²) >= 11 is 0. The molecule has 0 spiro atoms. The zero-order valence-electron chi connectivity index (χ0n) is 14.9. The molecule has 3 atom stereocenters. The van der Waals surface area contributed by atoms with Crippen molar-refractivity contribution in [3.63, 3.8) is 0 Å². The normalized spacial score (nSPS) is 16.3. The Bertz CT molecular complexity index is 829. The minimum atomic E-state index is -1.89. The molecule has 1 aliphatic rings. The van der Waals surface area contributed by atoms with Crippen LogP contribution in [0.15, 0.2) is 48.5 Å². The van der Waals surface area contributed by atoms with Gasteiger partial charge >= 0.3 is 0 Å². The molecule has 2 unspecified atom stereocenters. The fourth-order valence-electron chi connectivity index (χ4n) is 3.13. The van der Waals surface area contributed by atoms with Gasteiger partial charge in [-0.15, -0.1) is 0 Å². The molecule has 2 aromatic carbocycles. The molecule has 2 amide bonds. The molecule has 0 radical (unpaired) electrons. The van der Waals surface area contributed by atoms with Crippen molar-refractivity contribution in [1.29, 1.82) is 0 Å². The second-order valence-electron chi connectivity index (χ2n) is 6.68. The summed E-state index contributed by atoms with van der Waals surface area (Å²) in [4.78, 5) is 26.1.